The third-order valence-corrected chi connectivity index (χ3v) is 5.23. The number of fused-ring (bicyclic) bond motifs is 1. The van der Waals surface area contributed by atoms with Gasteiger partial charge in [-0.3, -0.25) is 4.79 Å². The number of aromatic amines is 1. The van der Waals surface area contributed by atoms with Crippen molar-refractivity contribution >= 4 is 28.5 Å². The molecule has 1 N–H and O–H groups in total. The van der Waals surface area contributed by atoms with E-state index in [-0.39, 0.29) is 18.0 Å². The maximum absolute atomic E-state index is 12.8. The zero-order valence-corrected chi connectivity index (χ0v) is 16.6. The van der Waals surface area contributed by atoms with Crippen LogP contribution in [0, 0.1) is 0 Å². The Kier molecular flexibility index (Phi) is 4.59. The van der Waals surface area contributed by atoms with Gasteiger partial charge in [-0.15, -0.1) is 0 Å². The Morgan fingerprint density at radius 3 is 2.73 bits per heavy atom. The van der Waals surface area contributed by atoms with Gasteiger partial charge in [0.25, 0.3) is 5.56 Å². The summed E-state index contributed by atoms with van der Waals surface area (Å²) in [5, 5.41) is 5.51. The van der Waals surface area contributed by atoms with Crippen molar-refractivity contribution in [1.82, 2.24) is 19.7 Å². The molecule has 0 bridgehead atoms. The van der Waals surface area contributed by atoms with E-state index in [1.165, 1.54) is 0 Å². The number of rotatable bonds is 5. The van der Waals surface area contributed by atoms with Crippen molar-refractivity contribution in [2.24, 2.45) is 0 Å². The molecule has 5 rings (SSSR count). The average molecular weight is 421 g/mol. The molecule has 4 aromatic rings. The summed E-state index contributed by atoms with van der Waals surface area (Å²) in [6, 6.07) is 16.1. The van der Waals surface area contributed by atoms with Crippen LogP contribution in [0.25, 0.3) is 16.6 Å². The van der Waals surface area contributed by atoms with Gasteiger partial charge in [-0.05, 0) is 49.2 Å². The van der Waals surface area contributed by atoms with Crippen molar-refractivity contribution in [2.45, 2.75) is 25.4 Å². The van der Waals surface area contributed by atoms with Crippen LogP contribution in [0.15, 0.2) is 59.4 Å². The number of halogens is 1. The molecule has 0 spiro atoms. The van der Waals surface area contributed by atoms with E-state index in [4.69, 9.17) is 16.3 Å². The lowest BCUT2D eigenvalue weighted by Gasteiger charge is -2.08. The summed E-state index contributed by atoms with van der Waals surface area (Å²) in [6.45, 7) is -0.171. The molecule has 1 aliphatic carbocycles. The molecular formula is C22H17ClN4O3. The predicted octanol–water partition coefficient (Wildman–Crippen LogP) is 4.00. The van der Waals surface area contributed by atoms with Crippen LogP contribution in [0.5, 0.6) is 0 Å². The van der Waals surface area contributed by atoms with Crippen LogP contribution < -0.4 is 5.56 Å². The number of carbonyl (C=O) groups excluding carboxylic acids is 1. The first-order valence-corrected chi connectivity index (χ1v) is 9.97. The first kappa shape index (κ1) is 18.6. The molecule has 1 aliphatic rings. The highest BCUT2D eigenvalue weighted by atomic mass is 35.5. The summed E-state index contributed by atoms with van der Waals surface area (Å²) in [5.41, 5.74) is 2.14. The second kappa shape index (κ2) is 7.42. The molecule has 7 nitrogen and oxygen atoms in total. The number of benzene rings is 2. The fourth-order valence-electron chi connectivity index (χ4n) is 3.33. The van der Waals surface area contributed by atoms with Gasteiger partial charge in [0.1, 0.15) is 12.4 Å². The van der Waals surface area contributed by atoms with Gasteiger partial charge in [0.2, 0.25) is 0 Å². The highest BCUT2D eigenvalue weighted by Crippen LogP contribution is 2.39. The maximum Gasteiger partial charge on any atom is 0.357 e. The Labute approximate surface area is 176 Å². The lowest BCUT2D eigenvalue weighted by molar-refractivity contribution is 0.0451. The molecule has 0 saturated heterocycles. The van der Waals surface area contributed by atoms with Crippen LogP contribution in [0.1, 0.15) is 40.8 Å². The number of nitrogens with zero attached hydrogens (tertiary/aromatic N) is 3. The molecule has 0 unspecified atom stereocenters. The molecule has 0 aliphatic heterocycles. The van der Waals surface area contributed by atoms with Gasteiger partial charge in [-0.25, -0.2) is 14.5 Å². The van der Waals surface area contributed by atoms with Gasteiger partial charge in [-0.2, -0.15) is 5.10 Å². The number of ether oxygens (including phenoxy) is 1. The molecule has 1 fully saturated rings. The smallest absolute Gasteiger partial charge is 0.357 e. The van der Waals surface area contributed by atoms with E-state index in [1.54, 1.807) is 28.9 Å². The topological polar surface area (TPSA) is 89.9 Å². The summed E-state index contributed by atoms with van der Waals surface area (Å²) in [5.74, 6) is 0.105. The van der Waals surface area contributed by atoms with Crippen molar-refractivity contribution in [3.8, 4) is 5.69 Å². The fourth-order valence-corrected chi connectivity index (χ4v) is 3.49. The van der Waals surface area contributed by atoms with E-state index in [2.05, 4.69) is 15.1 Å². The third kappa shape index (κ3) is 3.59. The summed E-state index contributed by atoms with van der Waals surface area (Å²) >= 11 is 5.99. The number of para-hydroxylation sites is 1. The summed E-state index contributed by atoms with van der Waals surface area (Å²) in [7, 11) is 0. The SMILES string of the molecule is O=C(OCc1nc2cc(Cl)ccc2c(=O)[nH]1)c1cc(C2CC2)nn1-c1ccccc1. The van der Waals surface area contributed by atoms with E-state index in [0.29, 0.717) is 27.5 Å². The zero-order chi connectivity index (χ0) is 20.7. The van der Waals surface area contributed by atoms with Gasteiger partial charge in [0, 0.05) is 10.9 Å². The molecule has 150 valence electrons. The van der Waals surface area contributed by atoms with Gasteiger partial charge in [-0.1, -0.05) is 29.8 Å². The number of aromatic nitrogens is 4. The van der Waals surface area contributed by atoms with Crippen LogP contribution in [0.2, 0.25) is 5.02 Å². The highest BCUT2D eigenvalue weighted by molar-refractivity contribution is 6.31. The van der Waals surface area contributed by atoms with Crippen LogP contribution >= 0.6 is 11.6 Å². The number of hydrogen-bond acceptors (Lipinski definition) is 5. The molecule has 8 heteroatoms. The number of hydrogen-bond donors (Lipinski definition) is 1. The van der Waals surface area contributed by atoms with Gasteiger partial charge < -0.3 is 9.72 Å². The van der Waals surface area contributed by atoms with E-state index in [9.17, 15) is 9.59 Å². The zero-order valence-electron chi connectivity index (χ0n) is 15.8. The minimum atomic E-state index is -0.535. The first-order valence-electron chi connectivity index (χ1n) is 9.59. The second-order valence-electron chi connectivity index (χ2n) is 7.23. The van der Waals surface area contributed by atoms with Crippen molar-refractivity contribution in [2.75, 3.05) is 0 Å². The Morgan fingerprint density at radius 1 is 1.17 bits per heavy atom. The molecule has 0 amide bonds. The normalized spacial score (nSPS) is 13.5. The Hall–Kier alpha value is -3.45. The van der Waals surface area contributed by atoms with Crippen LogP contribution in [-0.4, -0.2) is 25.7 Å². The van der Waals surface area contributed by atoms with Gasteiger partial charge in [0.15, 0.2) is 5.69 Å². The number of carbonyl (C=O) groups is 1. The van der Waals surface area contributed by atoms with E-state index in [1.807, 2.05) is 30.3 Å². The summed E-state index contributed by atoms with van der Waals surface area (Å²) in [6.07, 6.45) is 2.15. The Bertz CT molecular complexity index is 1310. The molecule has 0 radical (unpaired) electrons. The van der Waals surface area contributed by atoms with Crippen LogP contribution in [0.3, 0.4) is 0 Å². The lowest BCUT2D eigenvalue weighted by Crippen LogP contribution is -2.16. The molecular weight excluding hydrogens is 404 g/mol. The standard InChI is InChI=1S/C22H17ClN4O3/c23-14-8-9-16-18(10-14)24-20(25-21(16)28)12-30-22(29)19-11-17(13-6-7-13)26-27(19)15-4-2-1-3-5-15/h1-5,8-11,13H,6-7,12H2,(H,24,25,28). The van der Waals surface area contributed by atoms with Crippen molar-refractivity contribution in [1.29, 1.82) is 0 Å². The predicted molar refractivity (Wildman–Crippen MR) is 112 cm³/mol. The number of nitrogens with one attached hydrogen (secondary N) is 1. The lowest BCUT2D eigenvalue weighted by atomic mass is 10.2. The quantitative estimate of drug-likeness (QED) is 0.493. The van der Waals surface area contributed by atoms with E-state index in [0.717, 1.165) is 24.2 Å². The number of H-pyrrole nitrogens is 1. The summed E-state index contributed by atoms with van der Waals surface area (Å²) < 4.78 is 7.06. The number of esters is 1. The molecule has 30 heavy (non-hydrogen) atoms. The molecule has 1 saturated carbocycles. The molecule has 0 atom stereocenters. The highest BCUT2D eigenvalue weighted by Gasteiger charge is 2.29. The third-order valence-electron chi connectivity index (χ3n) is 4.99. The Morgan fingerprint density at radius 2 is 1.97 bits per heavy atom. The van der Waals surface area contributed by atoms with Crippen molar-refractivity contribution < 1.29 is 9.53 Å². The molecule has 2 heterocycles. The van der Waals surface area contributed by atoms with Gasteiger partial charge in [0.05, 0.1) is 22.3 Å². The van der Waals surface area contributed by atoms with Crippen LogP contribution in [-0.2, 0) is 11.3 Å². The minimum absolute atomic E-state index is 0.171. The summed E-state index contributed by atoms with van der Waals surface area (Å²) in [4.78, 5) is 32.1. The van der Waals surface area contributed by atoms with Gasteiger partial charge >= 0.3 is 5.97 Å². The first-order chi connectivity index (χ1) is 14.6. The largest absolute Gasteiger partial charge is 0.453 e. The second-order valence-corrected chi connectivity index (χ2v) is 7.66. The molecule has 2 aromatic heterocycles. The minimum Gasteiger partial charge on any atom is -0.453 e. The Balaban J connectivity index is 1.42. The average Bonchev–Trinajstić information content (AvgIpc) is 3.50. The maximum atomic E-state index is 12.8. The van der Waals surface area contributed by atoms with E-state index < -0.39 is 5.97 Å². The van der Waals surface area contributed by atoms with Crippen LogP contribution in [0.4, 0.5) is 0 Å². The van der Waals surface area contributed by atoms with Crippen molar-refractivity contribution in [3.63, 3.8) is 0 Å². The van der Waals surface area contributed by atoms with E-state index >= 15 is 0 Å². The molecule has 2 aromatic carbocycles. The fraction of sp³-hybridized carbons (Fsp3) is 0.182. The monoisotopic (exact) mass is 420 g/mol. The van der Waals surface area contributed by atoms with Crippen molar-refractivity contribution in [3.05, 3.63) is 87.2 Å².